The summed E-state index contributed by atoms with van der Waals surface area (Å²) in [4.78, 5) is 8.98. The number of nitrogens with zero attached hydrogens (tertiary/aromatic N) is 5. The second kappa shape index (κ2) is 5.47. The smallest absolute Gasteiger partial charge is 0.343 e. The highest BCUT2D eigenvalue weighted by molar-refractivity contribution is 5.85. The van der Waals surface area contributed by atoms with Gasteiger partial charge in [0.05, 0.1) is 23.8 Å². The van der Waals surface area contributed by atoms with E-state index in [1.807, 2.05) is 0 Å². The van der Waals surface area contributed by atoms with Crippen molar-refractivity contribution in [1.82, 2.24) is 20.2 Å². The molecule has 0 amide bonds. The van der Waals surface area contributed by atoms with Crippen molar-refractivity contribution in [3.8, 4) is 0 Å². The molecule has 142 valence electrons. The van der Waals surface area contributed by atoms with Gasteiger partial charge in [0.2, 0.25) is 6.17 Å². The van der Waals surface area contributed by atoms with Crippen LogP contribution < -0.4 is 9.80 Å². The van der Waals surface area contributed by atoms with E-state index in [0.717, 1.165) is 24.2 Å². The summed E-state index contributed by atoms with van der Waals surface area (Å²) >= 11 is 0. The summed E-state index contributed by atoms with van der Waals surface area (Å²) in [5.41, 5.74) is -1.06. The molecule has 0 spiro atoms. The number of pyridine rings is 2. The van der Waals surface area contributed by atoms with E-state index in [2.05, 4.69) is 20.2 Å². The van der Waals surface area contributed by atoms with Crippen LogP contribution in [0.1, 0.15) is 5.69 Å². The predicted octanol–water partition coefficient (Wildman–Crippen LogP) is 3.85. The molecule has 0 fully saturated rings. The monoisotopic (exact) mass is 388 g/mol. The first-order valence-corrected chi connectivity index (χ1v) is 7.53. The fourth-order valence-corrected chi connectivity index (χ4v) is 3.06. The molecule has 0 saturated heterocycles. The minimum absolute atomic E-state index is 0.0522. The third-order valence-corrected chi connectivity index (χ3v) is 4.21. The number of hydrogen-bond donors (Lipinski definition) is 1. The average molecular weight is 388 g/mol. The zero-order valence-corrected chi connectivity index (χ0v) is 13.5. The molecule has 6 nitrogen and oxygen atoms in total. The molecule has 12 heteroatoms. The Balaban J connectivity index is 1.93. The van der Waals surface area contributed by atoms with Crippen LogP contribution in [0.25, 0.3) is 11.0 Å². The maximum Gasteiger partial charge on any atom is 0.433 e. The van der Waals surface area contributed by atoms with Gasteiger partial charge in [0.1, 0.15) is 5.69 Å². The Bertz CT molecular complexity index is 1010. The Morgan fingerprint density at radius 2 is 1.81 bits per heavy atom. The molecule has 1 atom stereocenters. The van der Waals surface area contributed by atoms with Gasteiger partial charge in [0.25, 0.3) is 0 Å². The minimum Gasteiger partial charge on any atom is -0.343 e. The summed E-state index contributed by atoms with van der Waals surface area (Å²) < 4.78 is 80.3. The Morgan fingerprint density at radius 3 is 2.48 bits per heavy atom. The molecule has 0 aromatic carbocycles. The van der Waals surface area contributed by atoms with Gasteiger partial charge in [0, 0.05) is 12.4 Å². The van der Waals surface area contributed by atoms with Crippen LogP contribution in [0.2, 0.25) is 0 Å². The lowest BCUT2D eigenvalue weighted by molar-refractivity contribution is -0.144. The Labute approximate surface area is 147 Å². The molecular formula is C15H10F6N6. The molecular weight excluding hydrogens is 378 g/mol. The number of nitrogens with one attached hydrogen (secondary N) is 1. The van der Waals surface area contributed by atoms with Crippen molar-refractivity contribution >= 4 is 28.2 Å². The number of aromatic nitrogens is 4. The highest BCUT2D eigenvalue weighted by atomic mass is 19.4. The number of anilines is 3. The number of rotatable bonds is 1. The van der Waals surface area contributed by atoms with Gasteiger partial charge in [-0.05, 0) is 18.2 Å². The van der Waals surface area contributed by atoms with Crippen LogP contribution in [0, 0.1) is 0 Å². The lowest BCUT2D eigenvalue weighted by Crippen LogP contribution is -2.50. The quantitative estimate of drug-likeness (QED) is 0.642. The first-order valence-electron chi connectivity index (χ1n) is 7.53. The zero-order valence-electron chi connectivity index (χ0n) is 13.5. The molecule has 0 aliphatic carbocycles. The largest absolute Gasteiger partial charge is 0.433 e. The molecule has 4 heterocycles. The van der Waals surface area contributed by atoms with Crippen LogP contribution in [0.3, 0.4) is 0 Å². The molecule has 3 aromatic heterocycles. The van der Waals surface area contributed by atoms with Crippen LogP contribution in [0.4, 0.5) is 43.5 Å². The second-order valence-electron chi connectivity index (χ2n) is 5.93. The standard InChI is InChI=1S/C15H10F6N6/c1-26-9-2-3-10(14(16,17)18)24-12(9)27(13(26)15(19,20)21)8-4-7-5-23-25-11(7)22-6-8/h2-6,13H,1H3,(H,22,23,25). The van der Waals surface area contributed by atoms with Gasteiger partial charge in [-0.25, -0.2) is 9.97 Å². The number of halogens is 6. The Kier molecular flexibility index (Phi) is 3.52. The zero-order chi connectivity index (χ0) is 19.6. The van der Waals surface area contributed by atoms with E-state index >= 15 is 0 Å². The number of hydrogen-bond acceptors (Lipinski definition) is 5. The Hall–Kier alpha value is -3.05. The summed E-state index contributed by atoms with van der Waals surface area (Å²) in [5, 5.41) is 6.71. The van der Waals surface area contributed by atoms with Gasteiger partial charge in [-0.2, -0.15) is 31.4 Å². The normalized spacial score (nSPS) is 17.7. The SMILES string of the molecule is CN1c2ccc(C(F)(F)F)nc2N(c2cnc3[nH]ncc3c2)C1C(F)(F)F. The third kappa shape index (κ3) is 2.71. The summed E-state index contributed by atoms with van der Waals surface area (Å²) in [6, 6.07) is 2.99. The van der Waals surface area contributed by atoms with Crippen LogP contribution >= 0.6 is 0 Å². The van der Waals surface area contributed by atoms with Gasteiger partial charge in [-0.3, -0.25) is 10.00 Å². The van der Waals surface area contributed by atoms with Crippen molar-refractivity contribution in [2.75, 3.05) is 16.8 Å². The van der Waals surface area contributed by atoms with Crippen LogP contribution in [0.5, 0.6) is 0 Å². The second-order valence-corrected chi connectivity index (χ2v) is 5.93. The van der Waals surface area contributed by atoms with Gasteiger partial charge in [-0.15, -0.1) is 0 Å². The molecule has 3 aromatic rings. The number of aromatic amines is 1. The molecule has 1 unspecified atom stereocenters. The number of alkyl halides is 6. The molecule has 1 aliphatic heterocycles. The topological polar surface area (TPSA) is 60.9 Å². The third-order valence-electron chi connectivity index (χ3n) is 4.21. The minimum atomic E-state index is -4.79. The fraction of sp³-hybridized carbons (Fsp3) is 0.267. The van der Waals surface area contributed by atoms with E-state index in [1.165, 1.54) is 12.3 Å². The molecule has 0 saturated carbocycles. The van der Waals surface area contributed by atoms with E-state index in [4.69, 9.17) is 0 Å². The molecule has 27 heavy (non-hydrogen) atoms. The van der Waals surface area contributed by atoms with E-state index in [1.54, 1.807) is 0 Å². The van der Waals surface area contributed by atoms with Crippen molar-refractivity contribution in [1.29, 1.82) is 0 Å². The molecule has 0 bridgehead atoms. The summed E-state index contributed by atoms with van der Waals surface area (Å²) in [7, 11) is 1.15. The molecule has 1 aliphatic rings. The lowest BCUT2D eigenvalue weighted by Gasteiger charge is -2.31. The fourth-order valence-electron chi connectivity index (χ4n) is 3.06. The molecule has 0 radical (unpaired) electrons. The average Bonchev–Trinajstić information content (AvgIpc) is 3.15. The first-order chi connectivity index (χ1) is 12.6. The van der Waals surface area contributed by atoms with Gasteiger partial charge < -0.3 is 4.90 Å². The number of fused-ring (bicyclic) bond motifs is 2. The Morgan fingerprint density at radius 1 is 1.07 bits per heavy atom. The summed E-state index contributed by atoms with van der Waals surface area (Å²) in [6.45, 7) is 0. The van der Waals surface area contributed by atoms with Gasteiger partial charge >= 0.3 is 12.4 Å². The van der Waals surface area contributed by atoms with Crippen LogP contribution in [-0.2, 0) is 6.18 Å². The summed E-state index contributed by atoms with van der Waals surface area (Å²) in [6.07, 6.45) is -9.30. The van der Waals surface area contributed by atoms with Crippen LogP contribution in [-0.4, -0.2) is 39.6 Å². The molecule has 1 N–H and O–H groups in total. The van der Waals surface area contributed by atoms with E-state index in [-0.39, 0.29) is 11.4 Å². The number of H-pyrrole nitrogens is 1. The predicted molar refractivity (Wildman–Crippen MR) is 83.5 cm³/mol. The van der Waals surface area contributed by atoms with E-state index in [9.17, 15) is 26.3 Å². The summed E-state index contributed by atoms with van der Waals surface area (Å²) in [5.74, 6) is -0.445. The van der Waals surface area contributed by atoms with Crippen molar-refractivity contribution in [3.05, 3.63) is 36.3 Å². The van der Waals surface area contributed by atoms with Crippen molar-refractivity contribution in [2.45, 2.75) is 18.5 Å². The van der Waals surface area contributed by atoms with E-state index < -0.39 is 30.0 Å². The van der Waals surface area contributed by atoms with Crippen LogP contribution in [0.15, 0.2) is 30.6 Å². The van der Waals surface area contributed by atoms with Gasteiger partial charge in [0.15, 0.2) is 11.5 Å². The first kappa shape index (κ1) is 17.4. The van der Waals surface area contributed by atoms with Crippen molar-refractivity contribution in [2.24, 2.45) is 0 Å². The van der Waals surface area contributed by atoms with Crippen molar-refractivity contribution in [3.63, 3.8) is 0 Å². The lowest BCUT2D eigenvalue weighted by atomic mass is 10.2. The highest BCUT2D eigenvalue weighted by Gasteiger charge is 2.53. The maximum absolute atomic E-state index is 13.7. The maximum atomic E-state index is 13.7. The molecule has 4 rings (SSSR count). The van der Waals surface area contributed by atoms with E-state index in [0.29, 0.717) is 22.0 Å². The van der Waals surface area contributed by atoms with Crippen molar-refractivity contribution < 1.29 is 26.3 Å². The highest BCUT2D eigenvalue weighted by Crippen LogP contribution is 2.48. The van der Waals surface area contributed by atoms with Gasteiger partial charge in [-0.1, -0.05) is 0 Å².